The number of hydrogen-bond donors (Lipinski definition) is 3. The average Bonchev–Trinajstić information content (AvgIpc) is 2.68. The molecule has 9 heteroatoms. The fourth-order valence-electron chi connectivity index (χ4n) is 4.99. The third-order valence-electron chi connectivity index (χ3n) is 6.24. The molecule has 1 aromatic heterocycles. The second kappa shape index (κ2) is 10.5. The van der Waals surface area contributed by atoms with E-state index in [4.69, 9.17) is 0 Å². The van der Waals surface area contributed by atoms with Gasteiger partial charge in [-0.3, -0.25) is 9.59 Å². The summed E-state index contributed by atoms with van der Waals surface area (Å²) in [6.45, 7) is 4.91. The third kappa shape index (κ3) is 4.95. The molecular weight excluding hydrogens is 413 g/mol. The lowest BCUT2D eigenvalue weighted by molar-refractivity contribution is -0.157. The number of halogens is 2. The number of aromatic nitrogens is 1. The second-order valence-electron chi connectivity index (χ2n) is 8.01. The Morgan fingerprint density at radius 1 is 1.28 bits per heavy atom. The minimum atomic E-state index is -0.330. The summed E-state index contributed by atoms with van der Waals surface area (Å²) < 4.78 is 0. The number of nitrogens with zero attached hydrogens (tertiary/aromatic N) is 2. The molecule has 3 N–H and O–H groups in total. The number of amides is 2. The molecule has 0 aromatic carbocycles. The van der Waals surface area contributed by atoms with E-state index < -0.39 is 0 Å². The molecule has 3 fully saturated rings. The van der Waals surface area contributed by atoms with Gasteiger partial charge in [-0.15, -0.1) is 24.8 Å². The molecule has 3 aliphatic heterocycles. The SMILES string of the molecule is Cc1cccnc1NCCNC(=O)[C@H]1[C@@H]2CNC[C@@H](C2)[C@@H]2CCCC(=O)N21.Cl.Cl. The molecular formula is C20H31Cl2N5O2. The van der Waals surface area contributed by atoms with Gasteiger partial charge in [0.1, 0.15) is 11.9 Å². The smallest absolute Gasteiger partial charge is 0.243 e. The first-order chi connectivity index (χ1) is 13.1. The van der Waals surface area contributed by atoms with Crippen LogP contribution in [0.4, 0.5) is 5.82 Å². The van der Waals surface area contributed by atoms with Gasteiger partial charge in [-0.1, -0.05) is 6.07 Å². The number of pyridine rings is 1. The van der Waals surface area contributed by atoms with Gasteiger partial charge >= 0.3 is 0 Å². The summed E-state index contributed by atoms with van der Waals surface area (Å²) in [6.07, 6.45) is 5.35. The summed E-state index contributed by atoms with van der Waals surface area (Å²) in [5, 5.41) is 9.78. The summed E-state index contributed by atoms with van der Waals surface area (Å²) in [5.74, 6) is 1.70. The van der Waals surface area contributed by atoms with Gasteiger partial charge in [0.05, 0.1) is 0 Å². The number of carbonyl (C=O) groups is 2. The van der Waals surface area contributed by atoms with E-state index in [9.17, 15) is 9.59 Å². The molecule has 4 atom stereocenters. The van der Waals surface area contributed by atoms with E-state index in [0.29, 0.717) is 25.4 Å². The van der Waals surface area contributed by atoms with E-state index in [1.807, 2.05) is 24.0 Å². The van der Waals surface area contributed by atoms with Crippen LogP contribution in [0.3, 0.4) is 0 Å². The van der Waals surface area contributed by atoms with Crippen molar-refractivity contribution in [3.8, 4) is 0 Å². The van der Waals surface area contributed by atoms with Gasteiger partial charge in [-0.05, 0) is 50.3 Å². The van der Waals surface area contributed by atoms with Gasteiger partial charge in [-0.2, -0.15) is 0 Å². The Labute approximate surface area is 184 Å². The summed E-state index contributed by atoms with van der Waals surface area (Å²) in [6, 6.07) is 3.80. The first kappa shape index (κ1) is 23.7. The highest BCUT2D eigenvalue weighted by atomic mass is 35.5. The molecule has 0 unspecified atom stereocenters. The largest absolute Gasteiger partial charge is 0.368 e. The molecule has 0 saturated carbocycles. The molecule has 4 rings (SSSR count). The van der Waals surface area contributed by atoms with Crippen molar-refractivity contribution in [3.63, 3.8) is 0 Å². The highest BCUT2D eigenvalue weighted by molar-refractivity contribution is 5.89. The van der Waals surface area contributed by atoms with Crippen molar-refractivity contribution in [3.05, 3.63) is 23.9 Å². The van der Waals surface area contributed by atoms with Gasteiger partial charge < -0.3 is 20.9 Å². The summed E-state index contributed by atoms with van der Waals surface area (Å²) in [5.41, 5.74) is 1.08. The maximum Gasteiger partial charge on any atom is 0.243 e. The van der Waals surface area contributed by atoms with Gasteiger partial charge in [-0.25, -0.2) is 4.98 Å². The molecule has 162 valence electrons. The first-order valence-corrected chi connectivity index (χ1v) is 10.1. The van der Waals surface area contributed by atoms with Crippen LogP contribution in [0.1, 0.15) is 31.2 Å². The normalized spacial score (nSPS) is 27.8. The lowest BCUT2D eigenvalue weighted by atomic mass is 9.72. The van der Waals surface area contributed by atoms with Gasteiger partial charge in [0.25, 0.3) is 0 Å². The monoisotopic (exact) mass is 443 g/mol. The number of anilines is 1. The predicted octanol–water partition coefficient (Wildman–Crippen LogP) is 1.75. The molecule has 3 saturated heterocycles. The van der Waals surface area contributed by atoms with E-state index in [-0.39, 0.29) is 54.6 Å². The van der Waals surface area contributed by atoms with Crippen LogP contribution in [-0.4, -0.2) is 60.0 Å². The highest BCUT2D eigenvalue weighted by Gasteiger charge is 2.50. The third-order valence-corrected chi connectivity index (χ3v) is 6.24. The summed E-state index contributed by atoms with van der Waals surface area (Å²) in [7, 11) is 0. The molecule has 4 heterocycles. The number of fused-ring (bicyclic) bond motifs is 4. The lowest BCUT2D eigenvalue weighted by Crippen LogP contribution is -2.68. The number of piperidine rings is 3. The minimum absolute atomic E-state index is 0. The Morgan fingerprint density at radius 2 is 2.07 bits per heavy atom. The Morgan fingerprint density at radius 3 is 2.86 bits per heavy atom. The van der Waals surface area contributed by atoms with Crippen molar-refractivity contribution in [1.82, 2.24) is 20.5 Å². The molecule has 0 radical (unpaired) electrons. The fourth-order valence-corrected chi connectivity index (χ4v) is 4.99. The lowest BCUT2D eigenvalue weighted by Gasteiger charge is -2.53. The molecule has 29 heavy (non-hydrogen) atoms. The molecule has 2 amide bonds. The summed E-state index contributed by atoms with van der Waals surface area (Å²) >= 11 is 0. The van der Waals surface area contributed by atoms with E-state index >= 15 is 0 Å². The van der Waals surface area contributed by atoms with Crippen molar-refractivity contribution in [1.29, 1.82) is 0 Å². The van der Waals surface area contributed by atoms with Crippen molar-refractivity contribution in [2.45, 2.75) is 44.7 Å². The number of nitrogens with one attached hydrogen (secondary N) is 3. The number of hydrogen-bond acceptors (Lipinski definition) is 5. The van der Waals surface area contributed by atoms with E-state index in [1.165, 1.54) is 0 Å². The maximum atomic E-state index is 13.0. The average molecular weight is 444 g/mol. The number of carbonyl (C=O) groups excluding carboxylic acids is 2. The van der Waals surface area contributed by atoms with Crippen LogP contribution >= 0.6 is 24.8 Å². The van der Waals surface area contributed by atoms with Crippen molar-refractivity contribution in [2.24, 2.45) is 11.8 Å². The molecule has 0 spiro atoms. The zero-order chi connectivity index (χ0) is 18.8. The first-order valence-electron chi connectivity index (χ1n) is 10.1. The van der Waals surface area contributed by atoms with Crippen LogP contribution in [0.25, 0.3) is 0 Å². The number of rotatable bonds is 5. The fraction of sp³-hybridized carbons (Fsp3) is 0.650. The van der Waals surface area contributed by atoms with Crippen molar-refractivity contribution in [2.75, 3.05) is 31.5 Å². The topological polar surface area (TPSA) is 86.4 Å². The van der Waals surface area contributed by atoms with Crippen LogP contribution in [0.15, 0.2) is 18.3 Å². The molecule has 0 aliphatic carbocycles. The quantitative estimate of drug-likeness (QED) is 0.603. The van der Waals surface area contributed by atoms with Crippen molar-refractivity contribution >= 4 is 42.4 Å². The van der Waals surface area contributed by atoms with Gasteiger partial charge in [0.15, 0.2) is 0 Å². The van der Waals surface area contributed by atoms with Crippen LogP contribution in [0, 0.1) is 18.8 Å². The molecule has 3 aliphatic rings. The van der Waals surface area contributed by atoms with Crippen molar-refractivity contribution < 1.29 is 9.59 Å². The summed E-state index contributed by atoms with van der Waals surface area (Å²) in [4.78, 5) is 31.9. The Bertz CT molecular complexity index is 720. The second-order valence-corrected chi connectivity index (χ2v) is 8.01. The molecule has 7 nitrogen and oxygen atoms in total. The van der Waals surface area contributed by atoms with E-state index in [2.05, 4.69) is 20.9 Å². The van der Waals surface area contributed by atoms with Crippen LogP contribution in [-0.2, 0) is 9.59 Å². The zero-order valence-corrected chi connectivity index (χ0v) is 18.4. The molecule has 1 aromatic rings. The molecule has 2 bridgehead atoms. The van der Waals surface area contributed by atoms with Gasteiger partial charge in [0, 0.05) is 44.2 Å². The minimum Gasteiger partial charge on any atom is -0.368 e. The Hall–Kier alpha value is -1.57. The van der Waals surface area contributed by atoms with E-state index in [1.54, 1.807) is 6.20 Å². The van der Waals surface area contributed by atoms with Crippen LogP contribution in [0.2, 0.25) is 0 Å². The van der Waals surface area contributed by atoms with E-state index in [0.717, 1.165) is 43.7 Å². The Balaban J connectivity index is 0.00000150. The maximum absolute atomic E-state index is 13.0. The van der Waals surface area contributed by atoms with Crippen LogP contribution < -0.4 is 16.0 Å². The zero-order valence-electron chi connectivity index (χ0n) is 16.7. The predicted molar refractivity (Wildman–Crippen MR) is 118 cm³/mol. The Kier molecular flexibility index (Phi) is 8.55. The van der Waals surface area contributed by atoms with Gasteiger partial charge in [0.2, 0.25) is 11.8 Å². The van der Waals surface area contributed by atoms with Crippen LogP contribution in [0.5, 0.6) is 0 Å². The number of aryl methyl sites for hydroxylation is 1. The standard InChI is InChI=1S/C20H29N5O2.2ClH/c1-13-4-3-7-22-19(13)23-8-9-24-20(27)18-15-10-14(11-21-12-15)16-5-2-6-17(26)25(16)18;;/h3-4,7,14-16,18,21H,2,5-6,8-12H2,1H3,(H,22,23)(H,24,27);2*1H/t14-,15+,16+,18-;;/m1../s1. The highest BCUT2D eigenvalue weighted by Crippen LogP contribution is 2.39.